The third-order valence-electron chi connectivity index (χ3n) is 28.2. The Kier molecular flexibility index (Phi) is 32.4. The monoisotopic (exact) mass is 1700 g/mol. The van der Waals surface area contributed by atoms with Crippen molar-refractivity contribution in [3.05, 3.63) is 109 Å². The normalized spacial score (nSPS) is 26.2. The molecule has 6 bridgehead atoms. The van der Waals surface area contributed by atoms with Crippen molar-refractivity contribution in [3.63, 3.8) is 0 Å². The first-order valence-corrected chi connectivity index (χ1v) is 45.9. The van der Waals surface area contributed by atoms with Gasteiger partial charge in [-0.05, 0) is 166 Å². The van der Waals surface area contributed by atoms with Gasteiger partial charge in [0.15, 0.2) is 16.8 Å². The van der Waals surface area contributed by atoms with Crippen molar-refractivity contribution in [1.29, 1.82) is 0 Å². The topological polar surface area (TPSA) is 314 Å². The van der Waals surface area contributed by atoms with Crippen LogP contribution in [-0.4, -0.2) is 250 Å². The van der Waals surface area contributed by atoms with Crippen molar-refractivity contribution in [3.8, 4) is 0 Å². The van der Waals surface area contributed by atoms with Crippen LogP contribution in [0.5, 0.6) is 0 Å². The molecule has 3 amide bonds. The van der Waals surface area contributed by atoms with E-state index in [1.165, 1.54) is 188 Å². The smallest absolute Gasteiger partial charge is 0.870 e. The number of nitrogens with zero attached hydrogens (tertiary/aromatic N) is 14. The van der Waals surface area contributed by atoms with Gasteiger partial charge in [-0.3, -0.25) is 57.9 Å². The zero-order chi connectivity index (χ0) is 82.6. The van der Waals surface area contributed by atoms with Crippen molar-refractivity contribution in [2.24, 2.45) is 0 Å². The van der Waals surface area contributed by atoms with E-state index in [-0.39, 0.29) is 145 Å². The summed E-state index contributed by atoms with van der Waals surface area (Å²) in [6.07, 6.45) is 42.0. The van der Waals surface area contributed by atoms with Gasteiger partial charge < -0.3 is 63.6 Å². The summed E-state index contributed by atoms with van der Waals surface area (Å²) in [5.74, 6) is -1.64. The van der Waals surface area contributed by atoms with E-state index in [2.05, 4.69) is 25.0 Å². The minimum Gasteiger partial charge on any atom is -0.870 e. The Bertz CT molecular complexity index is 4700. The number of anilines is 2. The van der Waals surface area contributed by atoms with Crippen molar-refractivity contribution in [1.82, 2.24) is 63.4 Å². The van der Waals surface area contributed by atoms with Crippen LogP contribution in [0.15, 0.2) is 87.2 Å². The number of rotatable bonds is 16. The summed E-state index contributed by atoms with van der Waals surface area (Å²) in [5, 5.41) is 12.1. The number of carboxylic acid groups (broad SMARTS) is 1. The van der Waals surface area contributed by atoms with E-state index in [0.29, 0.717) is 99.3 Å². The maximum atomic E-state index is 14.2. The van der Waals surface area contributed by atoms with Gasteiger partial charge in [-0.15, -0.1) is 0 Å². The van der Waals surface area contributed by atoms with Gasteiger partial charge in [0.05, 0.1) is 65.9 Å². The Labute approximate surface area is 737 Å². The average molecular weight is 1700 g/mol. The molecule has 3 N–H and O–H groups in total. The molecule has 3 aromatic carbocycles. The Hall–Kier alpha value is -7.41. The van der Waals surface area contributed by atoms with Crippen molar-refractivity contribution < 1.29 is 78.4 Å². The van der Waals surface area contributed by atoms with Gasteiger partial charge in [0.2, 0.25) is 17.7 Å². The van der Waals surface area contributed by atoms with E-state index in [0.717, 1.165) is 84.2 Å². The fourth-order valence-corrected chi connectivity index (χ4v) is 23.1. The van der Waals surface area contributed by atoms with Crippen molar-refractivity contribution in [2.45, 2.75) is 298 Å². The van der Waals surface area contributed by atoms with Crippen LogP contribution in [0.3, 0.4) is 0 Å². The Morgan fingerprint density at radius 3 is 1.04 bits per heavy atom. The van der Waals surface area contributed by atoms with Crippen LogP contribution in [0, 0.1) is 0 Å². The molecule has 121 heavy (non-hydrogen) atoms. The number of piperidine rings is 3. The van der Waals surface area contributed by atoms with Crippen LogP contribution in [0.25, 0.3) is 33.1 Å². The van der Waals surface area contributed by atoms with E-state index < -0.39 is 11.9 Å². The Morgan fingerprint density at radius 1 is 0.397 bits per heavy atom. The second-order valence-corrected chi connectivity index (χ2v) is 36.0. The molecule has 12 heterocycles. The molecule has 3 unspecified atom stereocenters. The number of fused-ring (bicyclic) bond motifs is 9. The number of carbonyl (C=O) groups excluding carboxylic acids is 5. The van der Waals surface area contributed by atoms with Crippen LogP contribution in [0.2, 0.25) is 5.15 Å². The molecule has 652 valence electrons. The van der Waals surface area contributed by atoms with E-state index in [4.69, 9.17) is 36.1 Å². The van der Waals surface area contributed by atoms with Crippen LogP contribution in [-0.2, 0) is 38.2 Å². The zero-order valence-corrected chi connectivity index (χ0v) is 74.4. The van der Waals surface area contributed by atoms with Gasteiger partial charge in [-0.25, -0.2) is 15.0 Å². The summed E-state index contributed by atoms with van der Waals surface area (Å²) in [5.41, 5.74) is 4.69. The van der Waals surface area contributed by atoms with E-state index in [1.54, 1.807) is 23.6 Å². The average Bonchev–Trinajstić information content (AvgIpc) is 1.73. The summed E-state index contributed by atoms with van der Waals surface area (Å²) in [4.78, 5) is 142. The second-order valence-electron chi connectivity index (χ2n) is 35.6. The third-order valence-corrected chi connectivity index (χ3v) is 28.4. The van der Waals surface area contributed by atoms with E-state index >= 15 is 0 Å². The maximum absolute atomic E-state index is 14.2. The second kappa shape index (κ2) is 43.0. The fraction of sp³-hybridized carbons (Fsp3) is 0.670. The summed E-state index contributed by atoms with van der Waals surface area (Å²) in [7, 11) is 0. The van der Waals surface area contributed by atoms with Gasteiger partial charge >= 0.3 is 47.5 Å². The first-order chi connectivity index (χ1) is 58.0. The number of carbonyl (C=O) groups is 6. The largest absolute Gasteiger partial charge is 1.00 e. The number of aromatic nitrogens is 6. The van der Waals surface area contributed by atoms with Gasteiger partial charge in [0.25, 0.3) is 16.7 Å². The van der Waals surface area contributed by atoms with E-state index in [9.17, 15) is 43.2 Å². The number of hydrogen-bond donors (Lipinski definition) is 2. The predicted molar refractivity (Wildman–Crippen MR) is 462 cm³/mol. The molecule has 3 aromatic heterocycles. The molecule has 9 atom stereocenters. The van der Waals surface area contributed by atoms with Crippen LogP contribution in [0.1, 0.15) is 244 Å². The molecule has 12 aliphatic rings. The molecular weight excluding hydrogens is 1570 g/mol. The molecule has 0 radical (unpaired) electrons. The molecule has 9 saturated heterocycles. The summed E-state index contributed by atoms with van der Waals surface area (Å²) < 4.78 is 15.7. The number of aliphatic carboxylic acids is 1. The molecular formula is C91H127ClN15NaO13. The first kappa shape index (κ1) is 91.3. The number of halogens is 1. The number of benzene rings is 3. The summed E-state index contributed by atoms with van der Waals surface area (Å²) in [6.45, 7) is 6.97. The summed E-state index contributed by atoms with van der Waals surface area (Å²) in [6, 6.07) is 29.6. The number of piperazine rings is 3. The van der Waals surface area contributed by atoms with Gasteiger partial charge in [0.1, 0.15) is 19.6 Å². The van der Waals surface area contributed by atoms with Gasteiger partial charge in [0, 0.05) is 112 Å². The molecule has 18 rings (SSSR count). The van der Waals surface area contributed by atoms with Crippen LogP contribution < -0.4 is 61.4 Å². The van der Waals surface area contributed by atoms with Gasteiger partial charge in [-0.1, -0.05) is 144 Å². The standard InChI is InChI=1S/C31H43N5O4.C29H39N5O4.C23H30ClN3O.C8H14N2O3.Na.H2O/c1-2-40-29(38)21-33-16-17-34(20-28(33)37)30-31(39)36(27-13-9-8-12-26(27)32-30)25-18-23-14-15-24(19-25)35(23)22-10-6-4-3-5-7-11-22;35-26-18-32(15-14-31(26)19-27(36)37)28-29(38)34(25-11-7-6-10-24(25)30-28)23-16-21-12-13-22(17-23)33(21)20-8-4-2-1-3-5-9-20;24-22-23(28)27(21-11-7-6-10-20(21)25-22)19-14-17-12-13-18(15-19)26(17)16-8-4-2-1-3-5-9-16;1-2-13-8(12)6-10-4-3-9-5-7(10)11;;/h8-9,12-13,22-25H,2-7,10-11,14-21H2,1H3;6-7,10-11,20-23H,1-5,8-9,12-19H2,(H,36,37);6-7,10-11,16-19H,1-5,8-9,12-15H2;9H,2-6H2,1H3;;1H2/q;;;;+1;/p-1/t23-,24+,25?;21-,22+,23?;17-,18+,19?;;;. The minimum absolute atomic E-state index is 0. The van der Waals surface area contributed by atoms with E-state index in [1.807, 2.05) is 86.5 Å². The summed E-state index contributed by atoms with van der Waals surface area (Å²) >= 11 is 6.23. The quantitative estimate of drug-likeness (QED) is 0.0678. The molecule has 6 aromatic rings. The fourth-order valence-electron chi connectivity index (χ4n) is 22.9. The Morgan fingerprint density at radius 2 is 0.711 bits per heavy atom. The Balaban J connectivity index is 0.000000146. The molecule has 28 nitrogen and oxygen atoms in total. The molecule has 3 aliphatic carbocycles. The maximum Gasteiger partial charge on any atom is 1.00 e. The number of para-hydroxylation sites is 6. The number of hydrogen-bond acceptors (Lipinski definition) is 21. The predicted octanol–water partition coefficient (Wildman–Crippen LogP) is 8.44. The number of nitrogens with one attached hydrogen (secondary N) is 1. The van der Waals surface area contributed by atoms with Crippen molar-refractivity contribution >= 4 is 92.0 Å². The molecule has 30 heteroatoms. The molecule has 3 saturated carbocycles. The first-order valence-electron chi connectivity index (χ1n) is 45.6. The van der Waals surface area contributed by atoms with Gasteiger partial charge in [-0.2, -0.15) is 0 Å². The minimum atomic E-state index is -1.03. The number of carboxylic acids is 1. The number of esters is 2. The third kappa shape index (κ3) is 21.4. The van der Waals surface area contributed by atoms with Crippen molar-refractivity contribution in [2.75, 3.05) is 102 Å². The SMILES string of the molecule is CCOC(=O)CN1CCN(c2nc3ccccc3n(C3C[C@H]4CC[C@@H](C3)N4C3CCCCCCC3)c2=O)CC1=O.CCOC(=O)CN1CCNCC1=O.O=C(O)CN1CCN(c2nc3ccccc3n(C3C[C@H]4CC[C@@H](C3)N4C3CCCCCCC3)c2=O)CC1=O.O=c1c(Cl)nc2ccccc2n1C1C[C@H]2CC[C@@H](C1)N2C1CCCCCCC1.[Na+].[OH-]. The molecule has 9 aliphatic heterocycles. The molecule has 0 spiro atoms. The van der Waals surface area contributed by atoms with Crippen LogP contribution in [0.4, 0.5) is 11.6 Å². The molecule has 12 fully saturated rings. The number of ether oxygens (including phenoxy) is 2. The number of amides is 3. The zero-order valence-electron chi connectivity index (χ0n) is 71.6. The van der Waals surface area contributed by atoms with Crippen LogP contribution >= 0.6 is 11.6 Å².